The lowest BCUT2D eigenvalue weighted by Crippen LogP contribution is -2.23. The third kappa shape index (κ3) is 3.71. The molecular formula is C22H16F4N2O3. The largest absolute Gasteiger partial charge is 0.478 e. The second-order valence-corrected chi connectivity index (χ2v) is 7.24. The Morgan fingerprint density at radius 1 is 1.00 bits per heavy atom. The number of aromatic carboxylic acids is 1. The van der Waals surface area contributed by atoms with E-state index in [1.807, 2.05) is 0 Å². The molecule has 1 aliphatic carbocycles. The molecule has 0 aliphatic heterocycles. The average Bonchev–Trinajstić information content (AvgIpc) is 3.12. The number of halogens is 4. The number of carbonyl (C=O) groups excluding carboxylic acids is 1. The summed E-state index contributed by atoms with van der Waals surface area (Å²) in [6.45, 7) is 0. The van der Waals surface area contributed by atoms with Crippen LogP contribution in [0.15, 0.2) is 42.5 Å². The van der Waals surface area contributed by atoms with Crippen molar-refractivity contribution in [2.75, 3.05) is 0 Å². The van der Waals surface area contributed by atoms with Gasteiger partial charge in [-0.25, -0.2) is 9.18 Å². The van der Waals surface area contributed by atoms with E-state index in [4.69, 9.17) is 5.11 Å². The summed E-state index contributed by atoms with van der Waals surface area (Å²) >= 11 is 0. The van der Waals surface area contributed by atoms with Crippen molar-refractivity contribution in [3.05, 3.63) is 76.2 Å². The van der Waals surface area contributed by atoms with Gasteiger partial charge in [0.2, 0.25) is 0 Å². The average molecular weight is 432 g/mol. The number of carbonyl (C=O) groups is 2. The van der Waals surface area contributed by atoms with Crippen molar-refractivity contribution in [2.45, 2.75) is 31.9 Å². The molecule has 0 spiro atoms. The molecule has 0 radical (unpaired) electrons. The van der Waals surface area contributed by atoms with Crippen molar-refractivity contribution in [3.63, 3.8) is 0 Å². The Balaban J connectivity index is 1.86. The first-order valence-electron chi connectivity index (χ1n) is 9.53. The van der Waals surface area contributed by atoms with Crippen LogP contribution in [0, 0.1) is 5.82 Å². The molecule has 0 amide bonds. The van der Waals surface area contributed by atoms with Crippen molar-refractivity contribution in [1.82, 2.24) is 9.78 Å². The van der Waals surface area contributed by atoms with Gasteiger partial charge in [-0.1, -0.05) is 18.2 Å². The molecule has 4 rings (SSSR count). The molecule has 0 saturated heterocycles. The molecule has 1 heterocycles. The molecule has 3 aromatic rings. The molecule has 1 aromatic heterocycles. The third-order valence-electron chi connectivity index (χ3n) is 5.31. The lowest BCUT2D eigenvalue weighted by Gasteiger charge is -2.16. The molecule has 0 bridgehead atoms. The number of aromatic nitrogens is 2. The number of fused-ring (bicyclic) bond motifs is 1. The Morgan fingerprint density at radius 2 is 1.68 bits per heavy atom. The highest BCUT2D eigenvalue weighted by Gasteiger charge is 2.38. The smallest absolute Gasteiger partial charge is 0.417 e. The van der Waals surface area contributed by atoms with Crippen molar-refractivity contribution in [2.24, 2.45) is 0 Å². The molecular weight excluding hydrogens is 416 g/mol. The normalized spacial score (nSPS) is 13.7. The number of hydrogen-bond donors (Lipinski definition) is 1. The Labute approximate surface area is 173 Å². The van der Waals surface area contributed by atoms with E-state index in [1.165, 1.54) is 24.3 Å². The highest BCUT2D eigenvalue weighted by atomic mass is 19.4. The van der Waals surface area contributed by atoms with Crippen LogP contribution in [0.3, 0.4) is 0 Å². The first-order chi connectivity index (χ1) is 14.7. The van der Waals surface area contributed by atoms with Crippen LogP contribution < -0.4 is 0 Å². The van der Waals surface area contributed by atoms with Gasteiger partial charge in [0, 0.05) is 11.1 Å². The van der Waals surface area contributed by atoms with Crippen LogP contribution in [-0.2, 0) is 19.0 Å². The van der Waals surface area contributed by atoms with Crippen LogP contribution in [0.25, 0.3) is 11.3 Å². The predicted octanol–water partition coefficient (Wildman–Crippen LogP) is 4.97. The van der Waals surface area contributed by atoms with E-state index in [-0.39, 0.29) is 5.56 Å². The highest BCUT2D eigenvalue weighted by molar-refractivity contribution is 5.98. The second-order valence-electron chi connectivity index (χ2n) is 7.24. The number of alkyl halides is 3. The van der Waals surface area contributed by atoms with Gasteiger partial charge in [-0.2, -0.15) is 23.0 Å². The molecule has 9 heteroatoms. The van der Waals surface area contributed by atoms with E-state index >= 15 is 0 Å². The van der Waals surface area contributed by atoms with Crippen molar-refractivity contribution in [1.29, 1.82) is 0 Å². The van der Waals surface area contributed by atoms with E-state index < -0.39 is 35.0 Å². The maximum atomic E-state index is 14.4. The molecule has 0 atom stereocenters. The lowest BCUT2D eigenvalue weighted by atomic mass is 9.93. The number of benzene rings is 2. The van der Waals surface area contributed by atoms with E-state index in [0.29, 0.717) is 47.8 Å². The maximum Gasteiger partial charge on any atom is 0.417 e. The molecule has 31 heavy (non-hydrogen) atoms. The van der Waals surface area contributed by atoms with Gasteiger partial charge in [0.05, 0.1) is 28.1 Å². The van der Waals surface area contributed by atoms with Gasteiger partial charge < -0.3 is 5.11 Å². The number of carboxylic acids is 1. The summed E-state index contributed by atoms with van der Waals surface area (Å²) in [6.07, 6.45) is -2.41. The van der Waals surface area contributed by atoms with E-state index in [0.717, 1.165) is 23.2 Å². The van der Waals surface area contributed by atoms with E-state index in [9.17, 15) is 27.2 Å². The Bertz CT molecular complexity index is 1180. The molecule has 1 aliphatic rings. The predicted molar refractivity (Wildman–Crippen MR) is 102 cm³/mol. The molecule has 0 fully saturated rings. The topological polar surface area (TPSA) is 72.2 Å². The highest BCUT2D eigenvalue weighted by Crippen LogP contribution is 2.36. The molecule has 0 saturated carbocycles. The minimum absolute atomic E-state index is 0.0642. The molecule has 1 N–H and O–H groups in total. The van der Waals surface area contributed by atoms with Crippen LogP contribution in [-0.4, -0.2) is 26.8 Å². The summed E-state index contributed by atoms with van der Waals surface area (Å²) in [6, 6.07) is 8.20. The lowest BCUT2D eigenvalue weighted by molar-refractivity contribution is -0.138. The molecule has 0 unspecified atom stereocenters. The summed E-state index contributed by atoms with van der Waals surface area (Å²) < 4.78 is 55.5. The Hall–Kier alpha value is -3.49. The van der Waals surface area contributed by atoms with Crippen molar-refractivity contribution >= 4 is 11.9 Å². The summed E-state index contributed by atoms with van der Waals surface area (Å²) in [7, 11) is 0. The minimum Gasteiger partial charge on any atom is -0.478 e. The van der Waals surface area contributed by atoms with Crippen LogP contribution in [0.4, 0.5) is 17.6 Å². The number of hydrogen-bond acceptors (Lipinski definition) is 3. The minimum atomic E-state index is -4.91. The van der Waals surface area contributed by atoms with Crippen LogP contribution >= 0.6 is 0 Å². The van der Waals surface area contributed by atoms with Gasteiger partial charge in [-0.3, -0.25) is 4.79 Å². The quantitative estimate of drug-likeness (QED) is 0.593. The Kier molecular flexibility index (Phi) is 5.12. The van der Waals surface area contributed by atoms with Gasteiger partial charge in [0.15, 0.2) is 0 Å². The van der Waals surface area contributed by atoms with Crippen LogP contribution in [0.1, 0.15) is 50.4 Å². The number of nitrogens with zero attached hydrogens (tertiary/aromatic N) is 2. The van der Waals surface area contributed by atoms with E-state index in [2.05, 4.69) is 5.10 Å². The fraction of sp³-hybridized carbons (Fsp3) is 0.227. The van der Waals surface area contributed by atoms with Gasteiger partial charge in [-0.15, -0.1) is 0 Å². The third-order valence-corrected chi connectivity index (χ3v) is 5.31. The van der Waals surface area contributed by atoms with Gasteiger partial charge in [0.25, 0.3) is 5.91 Å². The van der Waals surface area contributed by atoms with Crippen molar-refractivity contribution in [3.8, 4) is 11.3 Å². The summed E-state index contributed by atoms with van der Waals surface area (Å²) in [5.74, 6) is -3.56. The second kappa shape index (κ2) is 7.64. The molecule has 160 valence electrons. The SMILES string of the molecule is O=C(O)c1ccc(-c2nn(C(=O)c3c(F)cccc3C(F)(F)F)c3c2CCCC3)cc1. The zero-order chi connectivity index (χ0) is 22.3. The number of carboxylic acid groups (broad SMARTS) is 1. The zero-order valence-electron chi connectivity index (χ0n) is 16.0. The van der Waals surface area contributed by atoms with E-state index in [1.54, 1.807) is 0 Å². The standard InChI is InChI=1S/C22H16F4N2O3/c23-16-6-3-5-15(22(24,25)26)18(16)20(29)28-17-7-2-1-4-14(17)19(27-28)12-8-10-13(11-9-12)21(30)31/h3,5-6,8-11H,1-2,4,7H2,(H,30,31). The van der Waals surface area contributed by atoms with Crippen LogP contribution in [0.5, 0.6) is 0 Å². The van der Waals surface area contributed by atoms with Gasteiger partial charge in [-0.05, 0) is 49.9 Å². The first kappa shape index (κ1) is 20.8. The number of rotatable bonds is 3. The Morgan fingerprint density at radius 3 is 2.32 bits per heavy atom. The summed E-state index contributed by atoms with van der Waals surface area (Å²) in [5.41, 5.74) is -0.306. The first-order valence-corrected chi connectivity index (χ1v) is 9.53. The fourth-order valence-corrected chi connectivity index (χ4v) is 3.85. The monoisotopic (exact) mass is 432 g/mol. The zero-order valence-corrected chi connectivity index (χ0v) is 16.0. The molecule has 5 nitrogen and oxygen atoms in total. The summed E-state index contributed by atoms with van der Waals surface area (Å²) in [5, 5.41) is 13.3. The summed E-state index contributed by atoms with van der Waals surface area (Å²) in [4.78, 5) is 24.2. The van der Waals surface area contributed by atoms with Gasteiger partial charge in [0.1, 0.15) is 5.82 Å². The van der Waals surface area contributed by atoms with Crippen molar-refractivity contribution < 1.29 is 32.3 Å². The molecule has 2 aromatic carbocycles. The maximum absolute atomic E-state index is 14.4. The van der Waals surface area contributed by atoms with Crippen LogP contribution in [0.2, 0.25) is 0 Å². The fourth-order valence-electron chi connectivity index (χ4n) is 3.85. The van der Waals surface area contributed by atoms with Gasteiger partial charge >= 0.3 is 12.1 Å².